The summed E-state index contributed by atoms with van der Waals surface area (Å²) in [5.74, 6) is 0.137. The molecule has 0 radical (unpaired) electrons. The zero-order valence-corrected chi connectivity index (χ0v) is 19.0. The van der Waals surface area contributed by atoms with E-state index in [2.05, 4.69) is 16.6 Å². The van der Waals surface area contributed by atoms with Crippen LogP contribution in [0.15, 0.2) is 51.8 Å². The second-order valence-electron chi connectivity index (χ2n) is 6.50. The van der Waals surface area contributed by atoms with Crippen LogP contribution in [0.2, 0.25) is 5.02 Å². The average Bonchev–Trinajstić information content (AvgIpc) is 2.72. The van der Waals surface area contributed by atoms with Gasteiger partial charge in [0, 0.05) is 11.6 Å². The third-order valence-corrected chi connectivity index (χ3v) is 7.01. The number of nitrogens with zero attached hydrogens (tertiary/aromatic N) is 2. The first kappa shape index (κ1) is 22.5. The van der Waals surface area contributed by atoms with Crippen LogP contribution in [0.4, 0.5) is 11.4 Å². The quantitative estimate of drug-likeness (QED) is 0.649. The molecule has 1 aliphatic rings. The Labute approximate surface area is 185 Å². The number of halogens is 1. The van der Waals surface area contributed by atoms with E-state index in [1.165, 1.54) is 7.11 Å². The van der Waals surface area contributed by atoms with Crippen LogP contribution in [-0.4, -0.2) is 38.9 Å². The number of rotatable bonds is 7. The molecule has 0 fully saturated rings. The lowest BCUT2D eigenvalue weighted by atomic mass is 10.2. The van der Waals surface area contributed by atoms with Gasteiger partial charge in [-0.05, 0) is 36.8 Å². The van der Waals surface area contributed by atoms with Crippen molar-refractivity contribution in [2.45, 2.75) is 24.7 Å². The molecule has 0 aliphatic carbocycles. The zero-order chi connectivity index (χ0) is 21.7. The summed E-state index contributed by atoms with van der Waals surface area (Å²) in [4.78, 5) is 14.5. The molecular weight excluding hydrogens is 446 g/mol. The maximum atomic E-state index is 12.6. The molecule has 0 unspecified atom stereocenters. The first-order valence-corrected chi connectivity index (χ1v) is 12.1. The van der Waals surface area contributed by atoms with E-state index >= 15 is 0 Å². The Balaban J connectivity index is 1.78. The minimum Gasteiger partial charge on any atom is -0.495 e. The highest BCUT2D eigenvalue weighted by atomic mass is 35.5. The summed E-state index contributed by atoms with van der Waals surface area (Å²) in [7, 11) is -2.32. The molecule has 7 nitrogen and oxygen atoms in total. The summed E-state index contributed by atoms with van der Waals surface area (Å²) in [6.07, 6.45) is 1.80. The molecule has 10 heteroatoms. The number of amidine groups is 1. The second-order valence-corrected chi connectivity index (χ2v) is 9.45. The van der Waals surface area contributed by atoms with Crippen molar-refractivity contribution in [3.8, 4) is 5.75 Å². The van der Waals surface area contributed by atoms with Crippen molar-refractivity contribution in [2.75, 3.05) is 29.6 Å². The third-order valence-electron chi connectivity index (χ3n) is 4.37. The predicted molar refractivity (Wildman–Crippen MR) is 122 cm³/mol. The van der Waals surface area contributed by atoms with Gasteiger partial charge in [0.05, 0.1) is 24.2 Å². The summed E-state index contributed by atoms with van der Waals surface area (Å²) in [6.45, 7) is 2.67. The summed E-state index contributed by atoms with van der Waals surface area (Å²) < 4.78 is 34.4. The molecule has 2 aromatic rings. The maximum absolute atomic E-state index is 12.6. The number of carbonyl (C=O) groups excluding carboxylic acids is 1. The third kappa shape index (κ3) is 5.08. The van der Waals surface area contributed by atoms with Gasteiger partial charge >= 0.3 is 0 Å². The number of anilines is 2. The Morgan fingerprint density at radius 3 is 2.77 bits per heavy atom. The van der Waals surface area contributed by atoms with Crippen LogP contribution >= 0.6 is 23.4 Å². The number of ether oxygens (including phenoxy) is 1. The number of nitrogens with one attached hydrogen (secondary N) is 1. The molecule has 1 aliphatic heterocycles. The molecule has 30 heavy (non-hydrogen) atoms. The number of benzene rings is 2. The normalized spacial score (nSPS) is 14.6. The number of unbranched alkanes of at least 4 members (excludes halogenated alkanes) is 1. The van der Waals surface area contributed by atoms with Gasteiger partial charge in [-0.2, -0.15) is 8.42 Å². The van der Waals surface area contributed by atoms with Gasteiger partial charge in [0.1, 0.15) is 10.6 Å². The standard InChI is InChI=1S/C20H22ClN3O4S2/c1-3-4-11-24-16-7-5-6-8-18(16)30(26,27)23-20(24)29-13-19(25)22-15-12-14(21)9-10-17(15)28-2/h5-10,12H,3-4,11,13H2,1-2H3,(H,22,25). The minimum atomic E-state index is -3.82. The monoisotopic (exact) mass is 467 g/mol. The summed E-state index contributed by atoms with van der Waals surface area (Å²) in [6, 6.07) is 11.7. The van der Waals surface area contributed by atoms with Gasteiger partial charge in [-0.3, -0.25) is 4.79 Å². The molecule has 2 aromatic carbocycles. The number of hydrogen-bond acceptors (Lipinski definition) is 6. The van der Waals surface area contributed by atoms with E-state index in [0.29, 0.717) is 28.7 Å². The van der Waals surface area contributed by atoms with E-state index in [9.17, 15) is 13.2 Å². The van der Waals surface area contributed by atoms with E-state index in [4.69, 9.17) is 16.3 Å². The number of thioether (sulfide) groups is 1. The van der Waals surface area contributed by atoms with Crippen molar-refractivity contribution < 1.29 is 17.9 Å². The molecule has 0 aromatic heterocycles. The van der Waals surface area contributed by atoms with E-state index in [1.54, 1.807) is 42.5 Å². The summed E-state index contributed by atoms with van der Waals surface area (Å²) >= 11 is 7.08. The number of methoxy groups -OCH3 is 1. The smallest absolute Gasteiger partial charge is 0.286 e. The molecular formula is C20H22ClN3O4S2. The fraction of sp³-hybridized carbons (Fsp3) is 0.300. The van der Waals surface area contributed by atoms with Gasteiger partial charge in [0.2, 0.25) is 5.91 Å². The highest BCUT2D eigenvalue weighted by Gasteiger charge is 2.30. The van der Waals surface area contributed by atoms with E-state index in [1.807, 2.05) is 4.90 Å². The molecule has 0 saturated carbocycles. The highest BCUT2D eigenvalue weighted by Crippen LogP contribution is 2.34. The van der Waals surface area contributed by atoms with Crippen molar-refractivity contribution in [1.29, 1.82) is 0 Å². The number of amides is 1. The molecule has 1 heterocycles. The number of para-hydroxylation sites is 1. The Kier molecular flexibility index (Phi) is 7.27. The van der Waals surface area contributed by atoms with Crippen LogP contribution in [0.5, 0.6) is 5.75 Å². The van der Waals surface area contributed by atoms with Gasteiger partial charge in [-0.1, -0.05) is 48.8 Å². The number of sulfonamides is 1. The van der Waals surface area contributed by atoms with Crippen molar-refractivity contribution >= 4 is 55.8 Å². The molecule has 3 rings (SSSR count). The molecule has 160 valence electrons. The lowest BCUT2D eigenvalue weighted by molar-refractivity contribution is -0.113. The molecule has 0 atom stereocenters. The SMILES string of the molecule is CCCCN1C(SCC(=O)Nc2cc(Cl)ccc2OC)=NS(=O)(=O)c2ccccc21. The molecule has 1 N–H and O–H groups in total. The Hall–Kier alpha value is -2.23. The van der Waals surface area contributed by atoms with Crippen molar-refractivity contribution in [3.05, 3.63) is 47.5 Å². The van der Waals surface area contributed by atoms with Gasteiger partial charge in [-0.15, -0.1) is 4.40 Å². The second kappa shape index (κ2) is 9.72. The van der Waals surface area contributed by atoms with Crippen molar-refractivity contribution in [2.24, 2.45) is 4.40 Å². The largest absolute Gasteiger partial charge is 0.495 e. The highest BCUT2D eigenvalue weighted by molar-refractivity contribution is 8.15. The van der Waals surface area contributed by atoms with E-state index in [-0.39, 0.29) is 21.7 Å². The van der Waals surface area contributed by atoms with Crippen LogP contribution in [0.3, 0.4) is 0 Å². The molecule has 0 spiro atoms. The average molecular weight is 468 g/mol. The maximum Gasteiger partial charge on any atom is 0.286 e. The molecule has 0 saturated heterocycles. The van der Waals surface area contributed by atoms with Gasteiger partial charge in [0.15, 0.2) is 5.17 Å². The van der Waals surface area contributed by atoms with Crippen LogP contribution in [0, 0.1) is 0 Å². The predicted octanol–water partition coefficient (Wildman–Crippen LogP) is 4.39. The lowest BCUT2D eigenvalue weighted by Crippen LogP contribution is -2.35. The molecule has 0 bridgehead atoms. The summed E-state index contributed by atoms with van der Waals surface area (Å²) in [5, 5.41) is 3.50. The topological polar surface area (TPSA) is 88.1 Å². The number of hydrogen-bond donors (Lipinski definition) is 1. The lowest BCUT2D eigenvalue weighted by Gasteiger charge is -2.30. The Bertz CT molecular complexity index is 1070. The first-order chi connectivity index (χ1) is 14.4. The molecule has 1 amide bonds. The van der Waals surface area contributed by atoms with Crippen LogP contribution < -0.4 is 15.0 Å². The Morgan fingerprint density at radius 1 is 1.27 bits per heavy atom. The number of carbonyl (C=O) groups is 1. The van der Waals surface area contributed by atoms with Gasteiger partial charge < -0.3 is 15.0 Å². The van der Waals surface area contributed by atoms with E-state index in [0.717, 1.165) is 24.6 Å². The minimum absolute atomic E-state index is 0.0190. The van der Waals surface area contributed by atoms with Gasteiger partial charge in [-0.25, -0.2) is 0 Å². The van der Waals surface area contributed by atoms with Crippen LogP contribution in [-0.2, 0) is 14.8 Å². The van der Waals surface area contributed by atoms with Crippen molar-refractivity contribution in [3.63, 3.8) is 0 Å². The first-order valence-electron chi connectivity index (χ1n) is 9.33. The van der Waals surface area contributed by atoms with Crippen molar-refractivity contribution in [1.82, 2.24) is 0 Å². The fourth-order valence-corrected chi connectivity index (χ4v) is 5.38. The number of fused-ring (bicyclic) bond motifs is 1. The van der Waals surface area contributed by atoms with Crippen LogP contribution in [0.25, 0.3) is 0 Å². The zero-order valence-electron chi connectivity index (χ0n) is 16.6. The Morgan fingerprint density at radius 2 is 2.03 bits per heavy atom. The van der Waals surface area contributed by atoms with Crippen LogP contribution in [0.1, 0.15) is 19.8 Å². The fourth-order valence-electron chi connectivity index (χ4n) is 2.93. The van der Waals surface area contributed by atoms with Gasteiger partial charge in [0.25, 0.3) is 10.0 Å². The summed E-state index contributed by atoms with van der Waals surface area (Å²) in [5.41, 5.74) is 1.03. The van der Waals surface area contributed by atoms with E-state index < -0.39 is 10.0 Å².